The number of nitrogens with one attached hydrogen (secondary N) is 2. The van der Waals surface area contributed by atoms with E-state index in [2.05, 4.69) is 15.8 Å². The molecule has 30 heavy (non-hydrogen) atoms. The number of aromatic nitrogens is 1. The number of carbonyl (C=O) groups is 2. The number of nitrogens with zero attached hydrogens (tertiary/aromatic N) is 1. The third-order valence-electron chi connectivity index (χ3n) is 5.20. The average Bonchev–Trinajstić information content (AvgIpc) is 3.32. The Morgan fingerprint density at radius 1 is 0.900 bits per heavy atom. The second-order valence-electron chi connectivity index (χ2n) is 7.34. The predicted octanol–water partition coefficient (Wildman–Crippen LogP) is 4.39. The summed E-state index contributed by atoms with van der Waals surface area (Å²) in [5.41, 5.74) is 1.01. The molecule has 7 heteroatoms. The van der Waals surface area contributed by atoms with Crippen LogP contribution in [-0.4, -0.2) is 23.0 Å². The number of hydrogen-bond acceptors (Lipinski definition) is 5. The first-order valence-corrected chi connectivity index (χ1v) is 10.0. The molecule has 0 unspecified atom stereocenters. The molecule has 2 aromatic carbocycles. The normalized spacial score (nSPS) is 18.4. The Hall–Kier alpha value is -3.61. The van der Waals surface area contributed by atoms with Crippen LogP contribution in [0.3, 0.4) is 0 Å². The Morgan fingerprint density at radius 2 is 1.60 bits per heavy atom. The first-order chi connectivity index (χ1) is 14.7. The van der Waals surface area contributed by atoms with Gasteiger partial charge in [0.15, 0.2) is 5.69 Å². The summed E-state index contributed by atoms with van der Waals surface area (Å²) in [6, 6.07) is 18.5. The summed E-state index contributed by atoms with van der Waals surface area (Å²) in [7, 11) is 0. The van der Waals surface area contributed by atoms with Crippen molar-refractivity contribution in [3.05, 3.63) is 72.6 Å². The molecule has 0 radical (unpaired) electrons. The fourth-order valence-corrected chi connectivity index (χ4v) is 3.56. The van der Waals surface area contributed by atoms with Gasteiger partial charge in [0.25, 0.3) is 5.91 Å². The molecule has 1 saturated carbocycles. The quantitative estimate of drug-likeness (QED) is 0.634. The van der Waals surface area contributed by atoms with Gasteiger partial charge in [-0.25, -0.2) is 0 Å². The maximum absolute atomic E-state index is 12.6. The van der Waals surface area contributed by atoms with Crippen molar-refractivity contribution in [3.8, 4) is 11.5 Å². The lowest BCUT2D eigenvalue weighted by Crippen LogP contribution is -2.39. The maximum Gasteiger partial charge on any atom is 0.273 e. The number of anilines is 1. The highest BCUT2D eigenvalue weighted by Gasteiger charge is 2.27. The molecule has 1 aliphatic rings. The lowest BCUT2D eigenvalue weighted by molar-refractivity contribution is -0.120. The summed E-state index contributed by atoms with van der Waals surface area (Å²) in [5.74, 6) is 1.18. The second-order valence-corrected chi connectivity index (χ2v) is 7.34. The molecule has 1 heterocycles. The van der Waals surface area contributed by atoms with Crippen LogP contribution in [0.5, 0.6) is 11.5 Å². The summed E-state index contributed by atoms with van der Waals surface area (Å²) < 4.78 is 10.5. The van der Waals surface area contributed by atoms with Crippen LogP contribution in [0.25, 0.3) is 0 Å². The van der Waals surface area contributed by atoms with Crippen LogP contribution in [0, 0.1) is 5.92 Å². The number of hydrogen-bond donors (Lipinski definition) is 2. The van der Waals surface area contributed by atoms with E-state index in [4.69, 9.17) is 9.26 Å². The van der Waals surface area contributed by atoms with Gasteiger partial charge >= 0.3 is 0 Å². The number of amides is 2. The third-order valence-corrected chi connectivity index (χ3v) is 5.20. The first kappa shape index (κ1) is 19.7. The van der Waals surface area contributed by atoms with Crippen LogP contribution in [-0.2, 0) is 4.79 Å². The number of para-hydroxylation sites is 1. The number of carbonyl (C=O) groups excluding carboxylic acids is 2. The zero-order valence-electron chi connectivity index (χ0n) is 16.4. The van der Waals surface area contributed by atoms with E-state index in [0.29, 0.717) is 5.75 Å². The van der Waals surface area contributed by atoms with E-state index in [0.717, 1.165) is 37.1 Å². The monoisotopic (exact) mass is 405 g/mol. The van der Waals surface area contributed by atoms with Crippen LogP contribution >= 0.6 is 0 Å². The van der Waals surface area contributed by atoms with Crippen molar-refractivity contribution in [2.75, 3.05) is 5.32 Å². The second kappa shape index (κ2) is 9.26. The summed E-state index contributed by atoms with van der Waals surface area (Å²) in [6.45, 7) is 0. The largest absolute Gasteiger partial charge is 0.457 e. The lowest BCUT2D eigenvalue weighted by atomic mass is 9.85. The van der Waals surface area contributed by atoms with Crippen LogP contribution in [0.1, 0.15) is 36.2 Å². The van der Waals surface area contributed by atoms with Gasteiger partial charge in [-0.05, 0) is 62.1 Å². The molecule has 3 aromatic rings. The standard InChI is InChI=1S/C23H23N3O4/c27-22(16-6-8-17(9-7-16)25-23(28)21-14-15-29-26-21)24-18-10-12-20(13-11-18)30-19-4-2-1-3-5-19/h1-5,10-17H,6-9H2,(H,24,27)(H,25,28)/t16-,17+. The summed E-state index contributed by atoms with van der Waals surface area (Å²) in [4.78, 5) is 24.7. The Kier molecular flexibility index (Phi) is 6.08. The molecule has 0 saturated heterocycles. The van der Waals surface area contributed by atoms with E-state index >= 15 is 0 Å². The van der Waals surface area contributed by atoms with Crippen molar-refractivity contribution in [2.45, 2.75) is 31.7 Å². The Bertz CT molecular complexity index is 963. The molecular formula is C23H23N3O4. The molecular weight excluding hydrogens is 382 g/mol. The molecule has 0 aliphatic heterocycles. The van der Waals surface area contributed by atoms with Crippen molar-refractivity contribution in [3.63, 3.8) is 0 Å². The fraction of sp³-hybridized carbons (Fsp3) is 0.261. The molecule has 1 aliphatic carbocycles. The summed E-state index contributed by atoms with van der Waals surface area (Å²) in [5, 5.41) is 9.57. The lowest BCUT2D eigenvalue weighted by Gasteiger charge is -2.28. The van der Waals surface area contributed by atoms with Gasteiger partial charge in [-0.1, -0.05) is 23.4 Å². The highest BCUT2D eigenvalue weighted by atomic mass is 16.5. The molecule has 1 fully saturated rings. The molecule has 154 valence electrons. The van der Waals surface area contributed by atoms with Crippen LogP contribution in [0.15, 0.2) is 71.4 Å². The number of rotatable bonds is 6. The van der Waals surface area contributed by atoms with Crippen LogP contribution in [0.4, 0.5) is 5.69 Å². The zero-order valence-corrected chi connectivity index (χ0v) is 16.4. The van der Waals surface area contributed by atoms with E-state index < -0.39 is 0 Å². The topological polar surface area (TPSA) is 93.5 Å². The van der Waals surface area contributed by atoms with Gasteiger partial charge in [0.1, 0.15) is 17.8 Å². The Morgan fingerprint density at radius 3 is 2.27 bits per heavy atom. The first-order valence-electron chi connectivity index (χ1n) is 10.0. The highest BCUT2D eigenvalue weighted by molar-refractivity contribution is 5.93. The molecule has 0 spiro atoms. The summed E-state index contributed by atoms with van der Waals surface area (Å²) >= 11 is 0. The van der Waals surface area contributed by atoms with Gasteiger partial charge in [-0.2, -0.15) is 0 Å². The van der Waals surface area contributed by atoms with Crippen LogP contribution < -0.4 is 15.4 Å². The zero-order chi connectivity index (χ0) is 20.8. The smallest absolute Gasteiger partial charge is 0.273 e. The Balaban J connectivity index is 1.24. The van der Waals surface area contributed by atoms with Gasteiger partial charge in [0.2, 0.25) is 5.91 Å². The van der Waals surface area contributed by atoms with Crippen molar-refractivity contribution in [2.24, 2.45) is 5.92 Å². The van der Waals surface area contributed by atoms with Gasteiger partial charge in [-0.15, -0.1) is 0 Å². The molecule has 0 bridgehead atoms. The van der Waals surface area contributed by atoms with Crippen molar-refractivity contribution < 1.29 is 18.8 Å². The highest BCUT2D eigenvalue weighted by Crippen LogP contribution is 2.27. The number of ether oxygens (including phenoxy) is 1. The van der Waals surface area contributed by atoms with Crippen molar-refractivity contribution >= 4 is 17.5 Å². The van der Waals surface area contributed by atoms with E-state index in [1.54, 1.807) is 0 Å². The fourth-order valence-electron chi connectivity index (χ4n) is 3.56. The van der Waals surface area contributed by atoms with Gasteiger partial charge < -0.3 is 19.9 Å². The minimum atomic E-state index is -0.241. The van der Waals surface area contributed by atoms with E-state index in [9.17, 15) is 9.59 Å². The van der Waals surface area contributed by atoms with Crippen molar-refractivity contribution in [1.29, 1.82) is 0 Å². The minimum absolute atomic E-state index is 0.00741. The molecule has 2 amide bonds. The molecule has 1 aromatic heterocycles. The van der Waals surface area contributed by atoms with Crippen LogP contribution in [0.2, 0.25) is 0 Å². The minimum Gasteiger partial charge on any atom is -0.457 e. The predicted molar refractivity (Wildman–Crippen MR) is 111 cm³/mol. The Labute approximate surface area is 174 Å². The van der Waals surface area contributed by atoms with E-state index in [-0.39, 0.29) is 29.5 Å². The molecule has 4 rings (SSSR count). The van der Waals surface area contributed by atoms with Crippen molar-refractivity contribution in [1.82, 2.24) is 10.5 Å². The SMILES string of the molecule is O=C(N[C@H]1CC[C@@H](C(=O)Nc2ccc(Oc3ccccc3)cc2)CC1)c1ccon1. The number of benzene rings is 2. The average molecular weight is 405 g/mol. The maximum atomic E-state index is 12.6. The summed E-state index contributed by atoms with van der Waals surface area (Å²) in [6.07, 6.45) is 4.34. The molecule has 0 atom stereocenters. The van der Waals surface area contributed by atoms with Gasteiger partial charge in [0, 0.05) is 23.7 Å². The van der Waals surface area contributed by atoms with Gasteiger partial charge in [0.05, 0.1) is 0 Å². The third kappa shape index (κ3) is 5.05. The van der Waals surface area contributed by atoms with E-state index in [1.165, 1.54) is 12.3 Å². The molecule has 2 N–H and O–H groups in total. The molecule has 7 nitrogen and oxygen atoms in total. The van der Waals surface area contributed by atoms with E-state index in [1.807, 2.05) is 54.6 Å². The van der Waals surface area contributed by atoms with Gasteiger partial charge in [-0.3, -0.25) is 9.59 Å².